The van der Waals surface area contributed by atoms with Crippen molar-refractivity contribution in [3.8, 4) is 0 Å². The number of hydrogen-bond donors (Lipinski definition) is 1. The summed E-state index contributed by atoms with van der Waals surface area (Å²) in [6.45, 7) is 8.48. The zero-order valence-electron chi connectivity index (χ0n) is 16.0. The third kappa shape index (κ3) is 3.49. The number of carbonyl (C=O) groups excluding carboxylic acids is 1. The van der Waals surface area contributed by atoms with Crippen molar-refractivity contribution in [3.05, 3.63) is 51.4 Å². The van der Waals surface area contributed by atoms with E-state index in [9.17, 15) is 4.79 Å². The van der Waals surface area contributed by atoms with E-state index < -0.39 is 0 Å². The molecule has 1 saturated heterocycles. The molecule has 1 N–H and O–H groups in total. The zero-order valence-corrected chi connectivity index (χ0v) is 16.8. The number of imidazole rings is 1. The summed E-state index contributed by atoms with van der Waals surface area (Å²) in [4.78, 5) is 25.5. The second-order valence-corrected chi connectivity index (χ2v) is 8.52. The molecule has 0 spiro atoms. The molecule has 4 heterocycles. The maximum Gasteiger partial charge on any atom is 0.274 e. The van der Waals surface area contributed by atoms with Gasteiger partial charge in [-0.15, -0.1) is 11.3 Å². The number of carbonyl (C=O) groups is 1. The van der Waals surface area contributed by atoms with E-state index in [0.717, 1.165) is 48.0 Å². The van der Waals surface area contributed by atoms with Crippen LogP contribution in [0, 0.1) is 13.8 Å². The normalized spacial score (nSPS) is 15.6. The number of hydrogen-bond acceptors (Lipinski definition) is 5. The van der Waals surface area contributed by atoms with Gasteiger partial charge in [0.1, 0.15) is 5.65 Å². The van der Waals surface area contributed by atoms with Crippen LogP contribution in [0.1, 0.15) is 57.6 Å². The lowest BCUT2D eigenvalue weighted by molar-refractivity contribution is 0.0786. The molecule has 27 heavy (non-hydrogen) atoms. The minimum absolute atomic E-state index is 0.0429. The number of rotatable bonds is 5. The van der Waals surface area contributed by atoms with Crippen molar-refractivity contribution in [2.75, 3.05) is 13.1 Å². The third-order valence-corrected chi connectivity index (χ3v) is 6.05. The highest BCUT2D eigenvalue weighted by atomic mass is 32.1. The van der Waals surface area contributed by atoms with Crippen LogP contribution in [0.2, 0.25) is 0 Å². The largest absolute Gasteiger partial charge is 0.337 e. The molecule has 1 atom stereocenters. The Hall–Kier alpha value is -2.25. The molecule has 1 fully saturated rings. The Morgan fingerprint density at radius 3 is 2.74 bits per heavy atom. The Morgan fingerprint density at radius 2 is 2.04 bits per heavy atom. The Balaban J connectivity index is 1.62. The van der Waals surface area contributed by atoms with Crippen molar-refractivity contribution in [1.82, 2.24) is 24.6 Å². The van der Waals surface area contributed by atoms with Crippen molar-refractivity contribution in [2.24, 2.45) is 0 Å². The van der Waals surface area contributed by atoms with Crippen LogP contribution >= 0.6 is 11.3 Å². The average Bonchev–Trinajstić information content (AvgIpc) is 3.37. The second kappa shape index (κ2) is 7.40. The SMILES string of the molecule is Cc1nc(C(C)NCc2c(C(=O)N3CCCC3)nc3ccccn23)c(C)s1. The predicted molar refractivity (Wildman–Crippen MR) is 107 cm³/mol. The molecule has 4 rings (SSSR count). The first-order chi connectivity index (χ1) is 13.0. The Bertz CT molecular complexity index is 970. The van der Waals surface area contributed by atoms with Crippen LogP contribution < -0.4 is 5.32 Å². The van der Waals surface area contributed by atoms with Crippen LogP contribution in [0.3, 0.4) is 0 Å². The summed E-state index contributed by atoms with van der Waals surface area (Å²) in [6.07, 6.45) is 4.13. The monoisotopic (exact) mass is 383 g/mol. The molecule has 1 aliphatic heterocycles. The highest BCUT2D eigenvalue weighted by molar-refractivity contribution is 7.11. The molecule has 1 aliphatic rings. The standard InChI is InChI=1S/C20H25N5OS/c1-13(18-14(2)27-15(3)22-18)21-12-16-19(20(26)24-9-6-7-10-24)23-17-8-4-5-11-25(16)17/h4-5,8,11,13,21H,6-7,9-10,12H2,1-3H3. The first-order valence-electron chi connectivity index (χ1n) is 9.47. The fraction of sp³-hybridized carbons (Fsp3) is 0.450. The maximum absolute atomic E-state index is 13.0. The number of pyridine rings is 1. The predicted octanol–water partition coefficient (Wildman–Crippen LogP) is 3.49. The van der Waals surface area contributed by atoms with Crippen LogP contribution in [0.5, 0.6) is 0 Å². The van der Waals surface area contributed by atoms with Crippen LogP contribution in [0.15, 0.2) is 24.4 Å². The highest BCUT2D eigenvalue weighted by Crippen LogP contribution is 2.24. The fourth-order valence-corrected chi connectivity index (χ4v) is 4.66. The topological polar surface area (TPSA) is 62.5 Å². The third-order valence-electron chi connectivity index (χ3n) is 5.15. The molecular weight excluding hydrogens is 358 g/mol. The highest BCUT2D eigenvalue weighted by Gasteiger charge is 2.26. The van der Waals surface area contributed by atoms with Crippen molar-refractivity contribution >= 4 is 22.9 Å². The molecule has 7 heteroatoms. The van der Waals surface area contributed by atoms with Gasteiger partial charge in [0.05, 0.1) is 16.4 Å². The van der Waals surface area contributed by atoms with Gasteiger partial charge in [-0.3, -0.25) is 4.79 Å². The lowest BCUT2D eigenvalue weighted by atomic mass is 10.2. The van der Waals surface area contributed by atoms with Gasteiger partial charge in [-0.25, -0.2) is 9.97 Å². The molecule has 0 aliphatic carbocycles. The number of amides is 1. The van der Waals surface area contributed by atoms with Gasteiger partial charge >= 0.3 is 0 Å². The smallest absolute Gasteiger partial charge is 0.274 e. The van der Waals surface area contributed by atoms with Crippen molar-refractivity contribution < 1.29 is 4.79 Å². The van der Waals surface area contributed by atoms with Crippen molar-refractivity contribution in [1.29, 1.82) is 0 Å². The molecule has 3 aromatic heterocycles. The summed E-state index contributed by atoms with van der Waals surface area (Å²) >= 11 is 1.72. The van der Waals surface area contributed by atoms with E-state index in [1.807, 2.05) is 40.6 Å². The van der Waals surface area contributed by atoms with E-state index >= 15 is 0 Å². The quantitative estimate of drug-likeness (QED) is 0.733. The molecule has 3 aromatic rings. The number of aromatic nitrogens is 3. The Morgan fingerprint density at radius 1 is 1.26 bits per heavy atom. The first kappa shape index (κ1) is 18.1. The van der Waals surface area contributed by atoms with Gasteiger partial charge in [-0.05, 0) is 45.7 Å². The number of aryl methyl sites for hydroxylation is 2. The van der Waals surface area contributed by atoms with Gasteiger partial charge in [0.25, 0.3) is 5.91 Å². The summed E-state index contributed by atoms with van der Waals surface area (Å²) in [5, 5.41) is 4.63. The van der Waals surface area contributed by atoms with Gasteiger partial charge in [0.2, 0.25) is 0 Å². The molecule has 0 bridgehead atoms. The Kier molecular flexibility index (Phi) is 4.97. The van der Waals surface area contributed by atoms with Crippen LogP contribution in [0.4, 0.5) is 0 Å². The van der Waals surface area contributed by atoms with E-state index in [4.69, 9.17) is 0 Å². The van der Waals surface area contributed by atoms with Crippen molar-refractivity contribution in [3.63, 3.8) is 0 Å². The summed E-state index contributed by atoms with van der Waals surface area (Å²) in [7, 11) is 0. The molecule has 142 valence electrons. The maximum atomic E-state index is 13.0. The molecule has 1 amide bonds. The zero-order chi connectivity index (χ0) is 19.0. The minimum atomic E-state index is 0.0429. The van der Waals surface area contributed by atoms with Crippen LogP contribution in [0.25, 0.3) is 5.65 Å². The molecule has 0 saturated carbocycles. The van der Waals surface area contributed by atoms with Gasteiger partial charge in [0, 0.05) is 36.8 Å². The lowest BCUT2D eigenvalue weighted by Gasteiger charge is -2.16. The van der Waals surface area contributed by atoms with E-state index in [0.29, 0.717) is 12.2 Å². The summed E-state index contributed by atoms with van der Waals surface area (Å²) in [5.74, 6) is 0.0429. The summed E-state index contributed by atoms with van der Waals surface area (Å²) < 4.78 is 2.02. The molecule has 0 radical (unpaired) electrons. The van der Waals surface area contributed by atoms with Crippen molar-refractivity contribution in [2.45, 2.75) is 46.2 Å². The number of nitrogens with one attached hydrogen (secondary N) is 1. The van der Waals surface area contributed by atoms with E-state index in [-0.39, 0.29) is 11.9 Å². The average molecular weight is 384 g/mol. The van der Waals surface area contributed by atoms with E-state index in [1.165, 1.54) is 4.88 Å². The Labute approximate surface area is 163 Å². The number of fused-ring (bicyclic) bond motifs is 1. The van der Waals surface area contributed by atoms with Gasteiger partial charge < -0.3 is 14.6 Å². The molecule has 0 aromatic carbocycles. The second-order valence-electron chi connectivity index (χ2n) is 7.11. The first-order valence-corrected chi connectivity index (χ1v) is 10.3. The van der Waals surface area contributed by atoms with Crippen LogP contribution in [-0.4, -0.2) is 38.3 Å². The molecule has 1 unspecified atom stereocenters. The fourth-order valence-electron chi connectivity index (χ4n) is 3.75. The minimum Gasteiger partial charge on any atom is -0.337 e. The summed E-state index contributed by atoms with van der Waals surface area (Å²) in [5.41, 5.74) is 3.37. The van der Waals surface area contributed by atoms with Crippen LogP contribution in [-0.2, 0) is 6.54 Å². The summed E-state index contributed by atoms with van der Waals surface area (Å²) in [6, 6.07) is 5.98. The van der Waals surface area contributed by atoms with Gasteiger partial charge in [-0.2, -0.15) is 0 Å². The lowest BCUT2D eigenvalue weighted by Crippen LogP contribution is -2.30. The number of likely N-dealkylation sites (tertiary alicyclic amines) is 1. The molecule has 6 nitrogen and oxygen atoms in total. The van der Waals surface area contributed by atoms with E-state index in [1.54, 1.807) is 11.3 Å². The van der Waals surface area contributed by atoms with Gasteiger partial charge in [0.15, 0.2) is 5.69 Å². The number of nitrogens with zero attached hydrogens (tertiary/aromatic N) is 4. The number of thiazole rings is 1. The molecular formula is C20H25N5OS. The van der Waals surface area contributed by atoms with Gasteiger partial charge in [-0.1, -0.05) is 6.07 Å². The van der Waals surface area contributed by atoms with E-state index in [2.05, 4.69) is 29.1 Å².